The van der Waals surface area contributed by atoms with E-state index in [1.807, 2.05) is 42.5 Å². The zero-order chi connectivity index (χ0) is 24.5. The normalized spacial score (nSPS) is 11.1. The number of nitrogens with zero attached hydrogens (tertiary/aromatic N) is 1. The molecule has 34 heavy (non-hydrogen) atoms. The third kappa shape index (κ3) is 6.17. The van der Waals surface area contributed by atoms with Crippen molar-refractivity contribution in [2.45, 2.75) is 6.42 Å². The van der Waals surface area contributed by atoms with Crippen LogP contribution in [0.2, 0.25) is 5.02 Å². The molecule has 3 aromatic rings. The molecule has 7 heteroatoms. The van der Waals surface area contributed by atoms with Crippen LogP contribution in [0.1, 0.15) is 27.9 Å². The Hall–Kier alpha value is -3.77. The summed E-state index contributed by atoms with van der Waals surface area (Å²) in [5, 5.41) is 0.524. The molecular weight excluding hydrogens is 454 g/mol. The molecule has 0 aliphatic carbocycles. The number of ether oxygens (including phenoxy) is 4. The number of carbonyl (C=O) groups is 1. The maximum atomic E-state index is 12.4. The Morgan fingerprint density at radius 1 is 0.824 bits per heavy atom. The summed E-state index contributed by atoms with van der Waals surface area (Å²) in [6.07, 6.45) is 5.60. The number of methoxy groups -OCH3 is 4. The molecule has 0 saturated carbocycles. The second-order valence-electron chi connectivity index (χ2n) is 7.17. The zero-order valence-corrected chi connectivity index (χ0v) is 20.3. The number of carbonyl (C=O) groups excluding carboxylic acids is 1. The van der Waals surface area contributed by atoms with Gasteiger partial charge in [-0.25, -0.2) is 0 Å². The fourth-order valence-electron chi connectivity index (χ4n) is 3.31. The number of benzene rings is 3. The molecule has 0 radical (unpaired) electrons. The second kappa shape index (κ2) is 11.9. The molecule has 176 valence electrons. The summed E-state index contributed by atoms with van der Waals surface area (Å²) in [5.41, 5.74) is 2.95. The fraction of sp³-hybridized carbons (Fsp3) is 0.185. The Morgan fingerprint density at radius 2 is 1.50 bits per heavy atom. The lowest BCUT2D eigenvalue weighted by atomic mass is 10.1. The maximum Gasteiger partial charge on any atom is 0.203 e. The van der Waals surface area contributed by atoms with Crippen LogP contribution in [0.25, 0.3) is 12.2 Å². The van der Waals surface area contributed by atoms with Crippen LogP contribution in [0.15, 0.2) is 59.6 Å². The molecule has 0 aromatic heterocycles. The molecule has 0 aliphatic rings. The van der Waals surface area contributed by atoms with Crippen LogP contribution in [-0.4, -0.2) is 40.4 Å². The summed E-state index contributed by atoms with van der Waals surface area (Å²) in [4.78, 5) is 16.9. The van der Waals surface area contributed by atoms with Gasteiger partial charge in [-0.15, -0.1) is 0 Å². The van der Waals surface area contributed by atoms with Crippen molar-refractivity contribution >= 4 is 41.4 Å². The first-order valence-corrected chi connectivity index (χ1v) is 10.8. The predicted octanol–water partition coefficient (Wildman–Crippen LogP) is 6.52. The first-order valence-electron chi connectivity index (χ1n) is 10.5. The monoisotopic (exact) mass is 479 g/mol. The van der Waals surface area contributed by atoms with Gasteiger partial charge >= 0.3 is 0 Å². The summed E-state index contributed by atoms with van der Waals surface area (Å²) in [5.74, 6) is 2.23. The van der Waals surface area contributed by atoms with Crippen molar-refractivity contribution in [2.75, 3.05) is 28.4 Å². The lowest BCUT2D eigenvalue weighted by Crippen LogP contribution is -1.99. The Kier molecular flexibility index (Phi) is 8.71. The summed E-state index contributed by atoms with van der Waals surface area (Å²) >= 11 is 5.97. The minimum Gasteiger partial charge on any atom is -0.494 e. The van der Waals surface area contributed by atoms with Crippen molar-refractivity contribution in [3.63, 3.8) is 0 Å². The smallest absolute Gasteiger partial charge is 0.203 e. The van der Waals surface area contributed by atoms with Crippen molar-refractivity contribution in [1.82, 2.24) is 0 Å². The lowest BCUT2D eigenvalue weighted by Gasteiger charge is -2.12. The maximum absolute atomic E-state index is 12.4. The quantitative estimate of drug-likeness (QED) is 0.188. The summed E-state index contributed by atoms with van der Waals surface area (Å²) in [6.45, 7) is 0. The van der Waals surface area contributed by atoms with E-state index in [0.29, 0.717) is 39.3 Å². The molecule has 0 N–H and O–H groups in total. The van der Waals surface area contributed by atoms with E-state index in [4.69, 9.17) is 30.5 Å². The van der Waals surface area contributed by atoms with E-state index in [2.05, 4.69) is 4.99 Å². The van der Waals surface area contributed by atoms with Crippen LogP contribution in [0, 0.1) is 0 Å². The number of hydrogen-bond donors (Lipinski definition) is 0. The van der Waals surface area contributed by atoms with E-state index in [9.17, 15) is 4.79 Å². The van der Waals surface area contributed by atoms with Crippen LogP contribution in [-0.2, 0) is 0 Å². The van der Waals surface area contributed by atoms with Crippen molar-refractivity contribution < 1.29 is 23.7 Å². The average molecular weight is 480 g/mol. The number of hydrogen-bond acceptors (Lipinski definition) is 6. The highest BCUT2D eigenvalue weighted by Gasteiger charge is 2.12. The largest absolute Gasteiger partial charge is 0.494 e. The van der Waals surface area contributed by atoms with Crippen molar-refractivity contribution in [3.05, 3.63) is 76.3 Å². The van der Waals surface area contributed by atoms with Crippen molar-refractivity contribution in [2.24, 2.45) is 4.99 Å². The Balaban J connectivity index is 1.80. The van der Waals surface area contributed by atoms with Gasteiger partial charge in [0.2, 0.25) is 5.75 Å². The first kappa shape index (κ1) is 24.9. The van der Waals surface area contributed by atoms with Crippen molar-refractivity contribution in [1.29, 1.82) is 0 Å². The molecule has 0 spiro atoms. The number of halogens is 1. The SMILES string of the molecule is COc1ccc(/C=C\c2cc(OC)c(OC)c(OC)c2)cc1N=CCC(=O)c1cccc(Cl)c1. The third-order valence-corrected chi connectivity index (χ3v) is 5.25. The van der Waals surface area contributed by atoms with E-state index in [1.165, 1.54) is 0 Å². The third-order valence-electron chi connectivity index (χ3n) is 5.01. The van der Waals surface area contributed by atoms with Gasteiger partial charge in [-0.3, -0.25) is 9.79 Å². The molecule has 0 bridgehead atoms. The highest BCUT2D eigenvalue weighted by atomic mass is 35.5. The number of Topliss-reactive ketones (excluding diaryl/α,β-unsaturated/α-hetero) is 1. The van der Waals surface area contributed by atoms with Gasteiger partial charge in [0.1, 0.15) is 11.4 Å². The zero-order valence-electron chi connectivity index (χ0n) is 19.5. The summed E-state index contributed by atoms with van der Waals surface area (Å²) < 4.78 is 21.6. The lowest BCUT2D eigenvalue weighted by molar-refractivity contribution is 0.100. The number of rotatable bonds is 10. The highest BCUT2D eigenvalue weighted by Crippen LogP contribution is 2.38. The highest BCUT2D eigenvalue weighted by molar-refractivity contribution is 6.31. The molecule has 3 aromatic carbocycles. The van der Waals surface area contributed by atoms with Gasteiger partial charge in [-0.2, -0.15) is 0 Å². The second-order valence-corrected chi connectivity index (χ2v) is 7.61. The molecule has 0 saturated heterocycles. The molecule has 3 rings (SSSR count). The molecule has 6 nitrogen and oxygen atoms in total. The van der Waals surface area contributed by atoms with Crippen LogP contribution in [0.5, 0.6) is 23.0 Å². The number of ketones is 1. The molecule has 0 fully saturated rings. The van der Waals surface area contributed by atoms with Crippen molar-refractivity contribution in [3.8, 4) is 23.0 Å². The van der Waals surface area contributed by atoms with Crippen LogP contribution in [0.3, 0.4) is 0 Å². The van der Waals surface area contributed by atoms with E-state index >= 15 is 0 Å². The van der Waals surface area contributed by atoms with E-state index in [1.54, 1.807) is 58.9 Å². The van der Waals surface area contributed by atoms with Gasteiger partial charge in [-0.05, 0) is 47.5 Å². The van der Waals surface area contributed by atoms with E-state index in [0.717, 1.165) is 11.1 Å². The molecule has 0 unspecified atom stereocenters. The van der Waals surface area contributed by atoms with E-state index in [-0.39, 0.29) is 12.2 Å². The fourth-order valence-corrected chi connectivity index (χ4v) is 3.50. The number of aliphatic imine (C=N–C) groups is 1. The van der Waals surface area contributed by atoms with Gasteiger partial charge in [0.05, 0.1) is 28.4 Å². The van der Waals surface area contributed by atoms with Crippen LogP contribution >= 0.6 is 11.6 Å². The predicted molar refractivity (Wildman–Crippen MR) is 137 cm³/mol. The molecule has 0 aliphatic heterocycles. The van der Waals surface area contributed by atoms with E-state index < -0.39 is 0 Å². The summed E-state index contributed by atoms with van der Waals surface area (Å²) in [6, 6.07) is 16.2. The van der Waals surface area contributed by atoms with Crippen LogP contribution < -0.4 is 18.9 Å². The average Bonchev–Trinajstić information content (AvgIpc) is 2.86. The molecule has 0 atom stereocenters. The van der Waals surface area contributed by atoms with Gasteiger partial charge < -0.3 is 18.9 Å². The minimum absolute atomic E-state index is 0.0660. The minimum atomic E-state index is -0.0660. The topological polar surface area (TPSA) is 66.3 Å². The molecule has 0 heterocycles. The van der Waals surface area contributed by atoms with Gasteiger partial charge in [0.25, 0.3) is 0 Å². The standard InChI is InChI=1S/C27H26ClNO5/c1-31-24-11-10-18(8-9-19-15-25(32-2)27(34-4)26(16-19)33-3)14-22(24)29-13-12-23(30)20-6-5-7-21(28)17-20/h5-11,13-17H,12H2,1-4H3/b9-8-,29-13?. The van der Waals surface area contributed by atoms with Gasteiger partial charge in [0.15, 0.2) is 17.3 Å². The Morgan fingerprint density at radius 3 is 2.12 bits per heavy atom. The Bertz CT molecular complexity index is 1190. The van der Waals surface area contributed by atoms with Crippen LogP contribution in [0.4, 0.5) is 5.69 Å². The Labute approximate surface area is 204 Å². The van der Waals surface area contributed by atoms with Gasteiger partial charge in [0, 0.05) is 23.2 Å². The first-order chi connectivity index (χ1) is 16.5. The molecule has 0 amide bonds. The summed E-state index contributed by atoms with van der Waals surface area (Å²) in [7, 11) is 6.31. The van der Waals surface area contributed by atoms with Gasteiger partial charge in [-0.1, -0.05) is 42.0 Å². The molecular formula is C27H26ClNO5.